The minimum absolute atomic E-state index is 0.0607. The van der Waals surface area contributed by atoms with Gasteiger partial charge in [0.15, 0.2) is 19.7 Å². The first-order valence-corrected chi connectivity index (χ1v) is 11.6. The molecule has 7 nitrogen and oxygen atoms in total. The molecule has 2 aliphatic heterocycles. The third kappa shape index (κ3) is 3.44. The highest BCUT2D eigenvalue weighted by Crippen LogP contribution is 2.44. The van der Waals surface area contributed by atoms with Crippen LogP contribution in [0.4, 0.5) is 8.78 Å². The minimum Gasteiger partial charge on any atom is -0.466 e. The molecule has 0 fully saturated rings. The lowest BCUT2D eigenvalue weighted by molar-refractivity contribution is -0.136. The lowest BCUT2D eigenvalue weighted by Gasteiger charge is -2.31. The number of carbonyl (C=O) groups is 1. The Labute approximate surface area is 160 Å². The fourth-order valence-corrected chi connectivity index (χ4v) is 7.54. The lowest BCUT2D eigenvalue weighted by atomic mass is 9.85. The Kier molecular flexibility index (Phi) is 5.09. The van der Waals surface area contributed by atoms with Gasteiger partial charge in [-0.1, -0.05) is 6.07 Å². The Morgan fingerprint density at radius 2 is 1.75 bits per heavy atom. The molecule has 0 saturated heterocycles. The zero-order valence-electron chi connectivity index (χ0n) is 15.0. The number of rotatable bonds is 2. The second-order valence-electron chi connectivity index (χ2n) is 6.48. The van der Waals surface area contributed by atoms with Crippen LogP contribution in [-0.2, 0) is 29.2 Å². The molecule has 0 aliphatic carbocycles. The van der Waals surface area contributed by atoms with Gasteiger partial charge in [-0.3, -0.25) is 0 Å². The van der Waals surface area contributed by atoms with Crippen LogP contribution in [0.3, 0.4) is 0 Å². The monoisotopic (exact) mass is 433 g/mol. The number of esters is 1. The van der Waals surface area contributed by atoms with Gasteiger partial charge in [0, 0.05) is 17.0 Å². The standard InChI is InChI=1S/C17H17F2NO6S2/c1-9-13(17(21)26-2)15(14-10(18)4-3-5-11(14)19)16-12(20-9)8-27(22,23)6-7-28(16,24)25/h3-5,15,20H,6-8H2,1-2H3. The van der Waals surface area contributed by atoms with Gasteiger partial charge in [0.2, 0.25) is 0 Å². The van der Waals surface area contributed by atoms with Gasteiger partial charge in [0.25, 0.3) is 0 Å². The van der Waals surface area contributed by atoms with Crippen LogP contribution in [0.5, 0.6) is 0 Å². The number of methoxy groups -OCH3 is 1. The van der Waals surface area contributed by atoms with Crippen molar-refractivity contribution in [3.05, 3.63) is 57.3 Å². The molecule has 28 heavy (non-hydrogen) atoms. The largest absolute Gasteiger partial charge is 0.466 e. The van der Waals surface area contributed by atoms with Crippen molar-refractivity contribution in [1.82, 2.24) is 5.32 Å². The Balaban J connectivity index is 2.41. The average Bonchev–Trinajstić information content (AvgIpc) is 2.67. The highest BCUT2D eigenvalue weighted by Gasteiger charge is 2.45. The molecule has 0 saturated carbocycles. The Morgan fingerprint density at radius 3 is 2.32 bits per heavy atom. The summed E-state index contributed by atoms with van der Waals surface area (Å²) >= 11 is 0. The lowest BCUT2D eigenvalue weighted by Crippen LogP contribution is -2.34. The Hall–Kier alpha value is -2.27. The van der Waals surface area contributed by atoms with E-state index in [0.717, 1.165) is 25.3 Å². The maximum Gasteiger partial charge on any atom is 0.336 e. The van der Waals surface area contributed by atoms with E-state index in [-0.39, 0.29) is 17.0 Å². The molecule has 1 aromatic carbocycles. The van der Waals surface area contributed by atoms with E-state index in [1.807, 2.05) is 0 Å². The summed E-state index contributed by atoms with van der Waals surface area (Å²) in [4.78, 5) is 11.9. The summed E-state index contributed by atoms with van der Waals surface area (Å²) in [5.74, 6) is -6.81. The molecule has 11 heteroatoms. The average molecular weight is 433 g/mol. The van der Waals surface area contributed by atoms with Crippen LogP contribution in [0.15, 0.2) is 40.1 Å². The third-order valence-corrected chi connectivity index (χ3v) is 8.35. The van der Waals surface area contributed by atoms with Crippen LogP contribution in [0.2, 0.25) is 0 Å². The van der Waals surface area contributed by atoms with Gasteiger partial charge < -0.3 is 10.1 Å². The molecule has 1 aromatic rings. The fraction of sp³-hybridized carbons (Fsp3) is 0.353. The van der Waals surface area contributed by atoms with Gasteiger partial charge >= 0.3 is 5.97 Å². The van der Waals surface area contributed by atoms with E-state index in [0.29, 0.717) is 0 Å². The second-order valence-corrected chi connectivity index (χ2v) is 10.7. The zero-order valence-corrected chi connectivity index (χ0v) is 16.6. The van der Waals surface area contributed by atoms with Crippen molar-refractivity contribution in [2.75, 3.05) is 24.4 Å². The highest BCUT2D eigenvalue weighted by molar-refractivity contribution is 7.98. The summed E-state index contributed by atoms with van der Waals surface area (Å²) in [6.45, 7) is 1.38. The summed E-state index contributed by atoms with van der Waals surface area (Å²) in [6, 6.07) is 2.97. The molecular weight excluding hydrogens is 416 g/mol. The van der Waals surface area contributed by atoms with E-state index in [2.05, 4.69) is 5.32 Å². The highest BCUT2D eigenvalue weighted by atomic mass is 32.2. The molecule has 0 aromatic heterocycles. The smallest absolute Gasteiger partial charge is 0.336 e. The number of halogens is 2. The predicted molar refractivity (Wildman–Crippen MR) is 96.4 cm³/mol. The molecular formula is C17H17F2NO6S2. The van der Waals surface area contributed by atoms with Gasteiger partial charge in [0.05, 0.1) is 40.8 Å². The molecule has 1 atom stereocenters. The second kappa shape index (κ2) is 6.96. The van der Waals surface area contributed by atoms with Gasteiger partial charge in [-0.2, -0.15) is 0 Å². The number of carbonyl (C=O) groups excluding carboxylic acids is 1. The number of allylic oxidation sites excluding steroid dienone is 2. The molecule has 0 spiro atoms. The molecule has 0 radical (unpaired) electrons. The minimum atomic E-state index is -4.26. The van der Waals surface area contributed by atoms with E-state index < -0.39 is 70.9 Å². The van der Waals surface area contributed by atoms with Crippen molar-refractivity contribution >= 4 is 25.6 Å². The van der Waals surface area contributed by atoms with E-state index >= 15 is 0 Å². The zero-order chi connectivity index (χ0) is 20.9. The number of hydrogen-bond donors (Lipinski definition) is 1. The van der Waals surface area contributed by atoms with Crippen LogP contribution in [0.25, 0.3) is 0 Å². The van der Waals surface area contributed by atoms with Crippen molar-refractivity contribution in [1.29, 1.82) is 0 Å². The van der Waals surface area contributed by atoms with Gasteiger partial charge in [-0.15, -0.1) is 0 Å². The number of nitrogens with one attached hydrogen (secondary N) is 1. The number of ether oxygens (including phenoxy) is 1. The summed E-state index contributed by atoms with van der Waals surface area (Å²) in [5, 5.41) is 2.63. The van der Waals surface area contributed by atoms with Crippen LogP contribution in [0, 0.1) is 11.6 Å². The number of dihydropyridines is 1. The summed E-state index contributed by atoms with van der Waals surface area (Å²) in [6.07, 6.45) is 0. The van der Waals surface area contributed by atoms with Crippen molar-refractivity contribution < 1.29 is 35.1 Å². The fourth-order valence-electron chi connectivity index (χ4n) is 3.43. The van der Waals surface area contributed by atoms with Crippen LogP contribution in [0.1, 0.15) is 18.4 Å². The van der Waals surface area contributed by atoms with Gasteiger partial charge in [-0.25, -0.2) is 30.4 Å². The van der Waals surface area contributed by atoms with E-state index in [1.165, 1.54) is 6.92 Å². The van der Waals surface area contributed by atoms with Crippen molar-refractivity contribution in [3.8, 4) is 0 Å². The van der Waals surface area contributed by atoms with Crippen LogP contribution < -0.4 is 5.32 Å². The first-order chi connectivity index (χ1) is 13.0. The summed E-state index contributed by atoms with van der Waals surface area (Å²) in [7, 11) is -6.99. The first-order valence-electron chi connectivity index (χ1n) is 8.14. The van der Waals surface area contributed by atoms with Crippen molar-refractivity contribution in [2.24, 2.45) is 0 Å². The number of benzene rings is 1. The van der Waals surface area contributed by atoms with Crippen molar-refractivity contribution in [3.63, 3.8) is 0 Å². The summed E-state index contributed by atoms with van der Waals surface area (Å²) < 4.78 is 84.1. The molecule has 0 amide bonds. The maximum absolute atomic E-state index is 14.6. The Morgan fingerprint density at radius 1 is 1.14 bits per heavy atom. The number of sulfone groups is 2. The molecule has 152 valence electrons. The normalized spacial score (nSPS) is 23.5. The third-order valence-electron chi connectivity index (χ3n) is 4.65. The first kappa shape index (κ1) is 20.5. The Bertz CT molecular complexity index is 1120. The van der Waals surface area contributed by atoms with Gasteiger partial charge in [0.1, 0.15) is 11.6 Å². The molecule has 1 N–H and O–H groups in total. The molecule has 2 aliphatic rings. The van der Waals surface area contributed by atoms with Gasteiger partial charge in [-0.05, 0) is 19.1 Å². The van der Waals surface area contributed by atoms with Crippen molar-refractivity contribution in [2.45, 2.75) is 12.8 Å². The van der Waals surface area contributed by atoms with Crippen LogP contribution >= 0.6 is 0 Å². The molecule has 2 heterocycles. The summed E-state index contributed by atoms with van der Waals surface area (Å²) in [5.41, 5.74) is -1.10. The van der Waals surface area contributed by atoms with Crippen LogP contribution in [-0.4, -0.2) is 47.2 Å². The predicted octanol–water partition coefficient (Wildman–Crippen LogP) is 1.15. The van der Waals surface area contributed by atoms with E-state index in [4.69, 9.17) is 4.74 Å². The maximum atomic E-state index is 14.6. The molecule has 3 rings (SSSR count). The quantitative estimate of drug-likeness (QED) is 0.698. The topological polar surface area (TPSA) is 107 Å². The van der Waals surface area contributed by atoms with E-state index in [9.17, 15) is 30.4 Å². The van der Waals surface area contributed by atoms with E-state index in [1.54, 1.807) is 0 Å². The SMILES string of the molecule is COC(=O)C1=C(C)NC2=C(C1c1c(F)cccc1F)S(=O)(=O)CCS(=O)(=O)C2. The number of hydrogen-bond acceptors (Lipinski definition) is 7. The molecule has 1 unspecified atom stereocenters. The molecule has 0 bridgehead atoms.